The largest absolute Gasteiger partial charge is 0.391 e. The predicted octanol–water partition coefficient (Wildman–Crippen LogP) is 2.02. The van der Waals surface area contributed by atoms with Gasteiger partial charge in [-0.1, -0.05) is 12.8 Å². The smallest absolute Gasteiger partial charge is 0.178 e. The molecule has 18 heavy (non-hydrogen) atoms. The molecular formula is C14H20N2O2. The molecule has 1 aromatic heterocycles. The SMILES string of the molecule is CC(=O)c1ccc(N(C)C2CCCCC2O)cn1. The van der Waals surface area contributed by atoms with Gasteiger partial charge in [0.15, 0.2) is 5.78 Å². The van der Waals surface area contributed by atoms with Crippen LogP contribution in [0.25, 0.3) is 0 Å². The van der Waals surface area contributed by atoms with E-state index in [-0.39, 0.29) is 17.9 Å². The fourth-order valence-electron chi connectivity index (χ4n) is 2.54. The number of hydrogen-bond donors (Lipinski definition) is 1. The van der Waals surface area contributed by atoms with Crippen molar-refractivity contribution in [2.45, 2.75) is 44.8 Å². The number of carbonyl (C=O) groups excluding carboxylic acids is 1. The van der Waals surface area contributed by atoms with Crippen molar-refractivity contribution in [3.05, 3.63) is 24.0 Å². The van der Waals surface area contributed by atoms with Gasteiger partial charge in [-0.3, -0.25) is 9.78 Å². The summed E-state index contributed by atoms with van der Waals surface area (Å²) in [5.74, 6) is -0.0260. The van der Waals surface area contributed by atoms with Crippen LogP contribution in [0.5, 0.6) is 0 Å². The van der Waals surface area contributed by atoms with E-state index in [1.165, 1.54) is 6.92 Å². The molecule has 1 saturated carbocycles. The second-order valence-electron chi connectivity index (χ2n) is 4.99. The van der Waals surface area contributed by atoms with Crippen molar-refractivity contribution in [3.63, 3.8) is 0 Å². The minimum atomic E-state index is -0.267. The molecule has 4 nitrogen and oxygen atoms in total. The van der Waals surface area contributed by atoms with E-state index in [1.54, 1.807) is 12.3 Å². The minimum Gasteiger partial charge on any atom is -0.391 e. The van der Waals surface area contributed by atoms with Crippen molar-refractivity contribution in [2.75, 3.05) is 11.9 Å². The fraction of sp³-hybridized carbons (Fsp3) is 0.571. The first-order valence-corrected chi connectivity index (χ1v) is 6.47. The maximum absolute atomic E-state index is 11.2. The second-order valence-corrected chi connectivity index (χ2v) is 4.99. The summed E-state index contributed by atoms with van der Waals surface area (Å²) >= 11 is 0. The van der Waals surface area contributed by atoms with Crippen LogP contribution in [0.4, 0.5) is 5.69 Å². The van der Waals surface area contributed by atoms with Gasteiger partial charge in [-0.05, 0) is 25.0 Å². The van der Waals surface area contributed by atoms with Crippen LogP contribution in [-0.2, 0) is 0 Å². The number of likely N-dealkylation sites (N-methyl/N-ethyl adjacent to an activating group) is 1. The molecule has 1 aromatic rings. The van der Waals surface area contributed by atoms with Gasteiger partial charge in [-0.2, -0.15) is 0 Å². The molecule has 2 atom stereocenters. The van der Waals surface area contributed by atoms with Crippen molar-refractivity contribution < 1.29 is 9.90 Å². The molecule has 0 aromatic carbocycles. The van der Waals surface area contributed by atoms with Gasteiger partial charge < -0.3 is 10.0 Å². The molecule has 1 heterocycles. The van der Waals surface area contributed by atoms with Gasteiger partial charge in [0.1, 0.15) is 5.69 Å². The summed E-state index contributed by atoms with van der Waals surface area (Å²) in [7, 11) is 1.98. The maximum Gasteiger partial charge on any atom is 0.178 e. The van der Waals surface area contributed by atoms with Crippen LogP contribution < -0.4 is 4.90 Å². The number of aliphatic hydroxyl groups is 1. The highest BCUT2D eigenvalue weighted by Crippen LogP contribution is 2.26. The van der Waals surface area contributed by atoms with E-state index in [0.29, 0.717) is 5.69 Å². The van der Waals surface area contributed by atoms with Gasteiger partial charge in [0.2, 0.25) is 0 Å². The van der Waals surface area contributed by atoms with Gasteiger partial charge in [0.05, 0.1) is 24.0 Å². The highest BCUT2D eigenvalue weighted by molar-refractivity contribution is 5.92. The molecule has 98 valence electrons. The lowest BCUT2D eigenvalue weighted by Gasteiger charge is -2.36. The Bertz CT molecular complexity index is 416. The molecule has 0 spiro atoms. The summed E-state index contributed by atoms with van der Waals surface area (Å²) < 4.78 is 0. The number of rotatable bonds is 3. The Hall–Kier alpha value is -1.42. The summed E-state index contributed by atoms with van der Waals surface area (Å²) in [5.41, 5.74) is 1.43. The van der Waals surface area contributed by atoms with Gasteiger partial charge in [-0.25, -0.2) is 0 Å². The topological polar surface area (TPSA) is 53.4 Å². The Morgan fingerprint density at radius 1 is 1.39 bits per heavy atom. The zero-order valence-corrected chi connectivity index (χ0v) is 11.0. The molecule has 0 bridgehead atoms. The van der Waals surface area contributed by atoms with Crippen LogP contribution in [0, 0.1) is 0 Å². The third kappa shape index (κ3) is 2.70. The number of aliphatic hydroxyl groups excluding tert-OH is 1. The molecule has 4 heteroatoms. The molecule has 0 radical (unpaired) electrons. The van der Waals surface area contributed by atoms with E-state index in [0.717, 1.165) is 31.4 Å². The van der Waals surface area contributed by atoms with E-state index >= 15 is 0 Å². The second kappa shape index (κ2) is 5.48. The number of pyridine rings is 1. The quantitative estimate of drug-likeness (QED) is 0.831. The molecule has 1 aliphatic rings. The first kappa shape index (κ1) is 13.0. The van der Waals surface area contributed by atoms with Crippen LogP contribution >= 0.6 is 0 Å². The number of aromatic nitrogens is 1. The lowest BCUT2D eigenvalue weighted by Crippen LogP contribution is -2.43. The Morgan fingerprint density at radius 3 is 2.67 bits per heavy atom. The minimum absolute atomic E-state index is 0.0260. The summed E-state index contributed by atoms with van der Waals surface area (Å²) in [6, 6.07) is 3.79. The zero-order valence-electron chi connectivity index (χ0n) is 11.0. The molecule has 0 aliphatic heterocycles. The third-order valence-corrected chi connectivity index (χ3v) is 3.71. The van der Waals surface area contributed by atoms with Crippen molar-refractivity contribution in [3.8, 4) is 0 Å². The molecule has 0 amide bonds. The Labute approximate surface area is 108 Å². The first-order valence-electron chi connectivity index (χ1n) is 6.47. The Morgan fingerprint density at radius 2 is 2.11 bits per heavy atom. The van der Waals surface area contributed by atoms with Crippen LogP contribution in [0.3, 0.4) is 0 Å². The Kier molecular flexibility index (Phi) is 3.97. The summed E-state index contributed by atoms with van der Waals surface area (Å²) in [4.78, 5) is 17.4. The summed E-state index contributed by atoms with van der Waals surface area (Å²) in [6.45, 7) is 1.51. The standard InChI is InChI=1S/C14H20N2O2/c1-10(17)12-8-7-11(9-15-12)16(2)13-5-3-4-6-14(13)18/h7-9,13-14,18H,3-6H2,1-2H3. The Balaban J connectivity index is 2.12. The highest BCUT2D eigenvalue weighted by atomic mass is 16.3. The summed E-state index contributed by atoms with van der Waals surface area (Å²) in [6.07, 6.45) is 5.58. The number of Topliss-reactive ketones (excluding diaryl/α,β-unsaturated/α-hetero) is 1. The molecule has 1 N–H and O–H groups in total. The molecule has 1 aliphatic carbocycles. The lowest BCUT2D eigenvalue weighted by molar-refractivity contribution is 0.101. The lowest BCUT2D eigenvalue weighted by atomic mass is 9.91. The van der Waals surface area contributed by atoms with E-state index in [9.17, 15) is 9.90 Å². The number of hydrogen-bond acceptors (Lipinski definition) is 4. The van der Waals surface area contributed by atoms with Crippen molar-refractivity contribution in [1.29, 1.82) is 0 Å². The fourth-order valence-corrected chi connectivity index (χ4v) is 2.54. The van der Waals surface area contributed by atoms with Crippen molar-refractivity contribution in [1.82, 2.24) is 4.98 Å². The molecular weight excluding hydrogens is 228 g/mol. The normalized spacial score (nSPS) is 23.7. The highest BCUT2D eigenvalue weighted by Gasteiger charge is 2.26. The van der Waals surface area contributed by atoms with Crippen LogP contribution in [0.1, 0.15) is 43.1 Å². The predicted molar refractivity (Wildman–Crippen MR) is 70.9 cm³/mol. The van der Waals surface area contributed by atoms with Gasteiger partial charge in [0.25, 0.3) is 0 Å². The average molecular weight is 248 g/mol. The van der Waals surface area contributed by atoms with Crippen molar-refractivity contribution in [2.24, 2.45) is 0 Å². The third-order valence-electron chi connectivity index (χ3n) is 3.71. The monoisotopic (exact) mass is 248 g/mol. The number of nitrogens with zero attached hydrogens (tertiary/aromatic N) is 2. The molecule has 0 saturated heterocycles. The van der Waals surface area contributed by atoms with Crippen molar-refractivity contribution >= 4 is 11.5 Å². The van der Waals surface area contributed by atoms with Gasteiger partial charge >= 0.3 is 0 Å². The van der Waals surface area contributed by atoms with Crippen LogP contribution in [-0.4, -0.2) is 35.1 Å². The van der Waals surface area contributed by atoms with Gasteiger partial charge in [0, 0.05) is 14.0 Å². The van der Waals surface area contributed by atoms with Crippen LogP contribution in [0.2, 0.25) is 0 Å². The van der Waals surface area contributed by atoms with E-state index in [2.05, 4.69) is 9.88 Å². The molecule has 2 rings (SSSR count). The molecule has 2 unspecified atom stereocenters. The van der Waals surface area contributed by atoms with E-state index in [4.69, 9.17) is 0 Å². The van der Waals surface area contributed by atoms with Crippen LogP contribution in [0.15, 0.2) is 18.3 Å². The van der Waals surface area contributed by atoms with Gasteiger partial charge in [-0.15, -0.1) is 0 Å². The molecule has 1 fully saturated rings. The zero-order chi connectivity index (χ0) is 13.1. The number of ketones is 1. The average Bonchev–Trinajstić information content (AvgIpc) is 2.38. The maximum atomic E-state index is 11.2. The number of carbonyl (C=O) groups is 1. The van der Waals surface area contributed by atoms with E-state index < -0.39 is 0 Å². The van der Waals surface area contributed by atoms with E-state index in [1.807, 2.05) is 13.1 Å². The number of anilines is 1. The summed E-state index contributed by atoms with van der Waals surface area (Å²) in [5, 5.41) is 10.0. The first-order chi connectivity index (χ1) is 8.59.